The van der Waals surface area contributed by atoms with E-state index in [0.717, 1.165) is 0 Å². The number of aliphatic carboxylic acids is 1. The zero-order chi connectivity index (χ0) is 11.2. The molecule has 0 spiro atoms. The van der Waals surface area contributed by atoms with Gasteiger partial charge in [0.05, 0.1) is 0 Å². The van der Waals surface area contributed by atoms with Crippen molar-refractivity contribution >= 4 is 16.2 Å². The van der Waals surface area contributed by atoms with E-state index in [-0.39, 0.29) is 19.6 Å². The highest BCUT2D eigenvalue weighted by molar-refractivity contribution is 7.87. The van der Waals surface area contributed by atoms with Gasteiger partial charge >= 0.3 is 5.97 Å². The summed E-state index contributed by atoms with van der Waals surface area (Å²) in [5.74, 6) is -1.27. The Morgan fingerprint density at radius 2 is 2.00 bits per heavy atom. The van der Waals surface area contributed by atoms with Crippen LogP contribution >= 0.6 is 0 Å². The molecular formula is C5H14N4O4S. The summed E-state index contributed by atoms with van der Waals surface area (Å²) in [5, 5.41) is 8.35. The Kier molecular flexibility index (Phi) is 5.57. The van der Waals surface area contributed by atoms with Crippen LogP contribution in [0.1, 0.15) is 0 Å². The van der Waals surface area contributed by atoms with Crippen LogP contribution in [0.4, 0.5) is 0 Å². The Morgan fingerprint density at radius 1 is 1.43 bits per heavy atom. The number of rotatable bonds is 7. The lowest BCUT2D eigenvalue weighted by Crippen LogP contribution is -2.46. The van der Waals surface area contributed by atoms with Crippen molar-refractivity contribution in [1.82, 2.24) is 9.44 Å². The number of carbonyl (C=O) groups is 1. The van der Waals surface area contributed by atoms with E-state index in [0.29, 0.717) is 0 Å². The van der Waals surface area contributed by atoms with Gasteiger partial charge in [0.25, 0.3) is 10.2 Å². The second-order valence-electron chi connectivity index (χ2n) is 2.48. The Bertz CT molecular complexity index is 277. The maximum atomic E-state index is 11.0. The molecule has 0 aliphatic rings. The van der Waals surface area contributed by atoms with Crippen LogP contribution in [-0.4, -0.2) is 45.2 Å². The Morgan fingerprint density at radius 3 is 2.43 bits per heavy atom. The predicted octanol–water partition coefficient (Wildman–Crippen LogP) is -3.22. The molecule has 0 aromatic carbocycles. The Labute approximate surface area is 81.8 Å². The molecule has 84 valence electrons. The Hall–Kier alpha value is -0.740. The molecule has 8 nitrogen and oxygen atoms in total. The second-order valence-corrected chi connectivity index (χ2v) is 4.06. The number of hydrogen-bond donors (Lipinski definition) is 5. The SMILES string of the molecule is NCCNS(=O)(=O)NCC(N)C(=O)O. The van der Waals surface area contributed by atoms with Gasteiger partial charge in [0.1, 0.15) is 6.04 Å². The molecule has 0 aliphatic heterocycles. The quantitative estimate of drug-likeness (QED) is 0.308. The minimum absolute atomic E-state index is 0.0810. The Balaban J connectivity index is 3.93. The van der Waals surface area contributed by atoms with Crippen molar-refractivity contribution < 1.29 is 18.3 Å². The molecule has 0 aromatic rings. The van der Waals surface area contributed by atoms with Gasteiger partial charge in [0, 0.05) is 19.6 Å². The van der Waals surface area contributed by atoms with Gasteiger partial charge in [0.15, 0.2) is 0 Å². The summed E-state index contributed by atoms with van der Waals surface area (Å²) < 4.78 is 26.0. The average molecular weight is 226 g/mol. The summed E-state index contributed by atoms with van der Waals surface area (Å²) >= 11 is 0. The van der Waals surface area contributed by atoms with E-state index in [9.17, 15) is 13.2 Å². The molecule has 0 fully saturated rings. The molecule has 0 aromatic heterocycles. The van der Waals surface area contributed by atoms with Crippen molar-refractivity contribution in [3.05, 3.63) is 0 Å². The topological polar surface area (TPSA) is 148 Å². The largest absolute Gasteiger partial charge is 0.480 e. The zero-order valence-corrected chi connectivity index (χ0v) is 8.25. The smallest absolute Gasteiger partial charge is 0.321 e. The maximum Gasteiger partial charge on any atom is 0.321 e. The molecule has 0 radical (unpaired) electrons. The highest BCUT2D eigenvalue weighted by Crippen LogP contribution is 1.79. The number of nitrogens with one attached hydrogen (secondary N) is 2. The van der Waals surface area contributed by atoms with Crippen molar-refractivity contribution in [3.63, 3.8) is 0 Å². The third-order valence-corrected chi connectivity index (χ3v) is 2.38. The highest BCUT2D eigenvalue weighted by atomic mass is 32.2. The first-order valence-electron chi connectivity index (χ1n) is 3.81. The van der Waals surface area contributed by atoms with Crippen LogP contribution < -0.4 is 20.9 Å². The van der Waals surface area contributed by atoms with Gasteiger partial charge in [-0.1, -0.05) is 0 Å². The summed E-state index contributed by atoms with van der Waals surface area (Å²) in [6.07, 6.45) is 0. The molecule has 0 bridgehead atoms. The fourth-order valence-electron chi connectivity index (χ4n) is 0.531. The summed E-state index contributed by atoms with van der Waals surface area (Å²) in [6, 6.07) is -1.26. The van der Waals surface area contributed by atoms with Crippen molar-refractivity contribution in [2.75, 3.05) is 19.6 Å². The average Bonchev–Trinajstić information content (AvgIpc) is 2.11. The second kappa shape index (κ2) is 5.88. The van der Waals surface area contributed by atoms with Gasteiger partial charge in [-0.25, -0.2) is 9.44 Å². The minimum atomic E-state index is -3.70. The molecule has 0 saturated carbocycles. The van der Waals surface area contributed by atoms with E-state index in [1.807, 2.05) is 4.72 Å². The first-order chi connectivity index (χ1) is 6.39. The van der Waals surface area contributed by atoms with Crippen molar-refractivity contribution in [2.24, 2.45) is 11.5 Å². The van der Waals surface area contributed by atoms with E-state index in [1.165, 1.54) is 0 Å². The van der Waals surface area contributed by atoms with Gasteiger partial charge in [-0.05, 0) is 0 Å². The molecule has 1 atom stereocenters. The number of carboxylic acids is 1. The van der Waals surface area contributed by atoms with Gasteiger partial charge in [-0.15, -0.1) is 0 Å². The highest BCUT2D eigenvalue weighted by Gasteiger charge is 2.15. The van der Waals surface area contributed by atoms with E-state index < -0.39 is 22.2 Å². The lowest BCUT2D eigenvalue weighted by molar-refractivity contribution is -0.138. The maximum absolute atomic E-state index is 11.0. The van der Waals surface area contributed by atoms with Crippen molar-refractivity contribution in [1.29, 1.82) is 0 Å². The molecule has 0 rings (SSSR count). The van der Waals surface area contributed by atoms with Crippen molar-refractivity contribution in [2.45, 2.75) is 6.04 Å². The molecule has 1 unspecified atom stereocenters. The number of carboxylic acid groups (broad SMARTS) is 1. The van der Waals surface area contributed by atoms with Gasteiger partial charge in [-0.3, -0.25) is 4.79 Å². The van der Waals surface area contributed by atoms with Crippen LogP contribution in [0.2, 0.25) is 0 Å². The van der Waals surface area contributed by atoms with E-state index in [2.05, 4.69) is 4.72 Å². The van der Waals surface area contributed by atoms with E-state index in [1.54, 1.807) is 0 Å². The third kappa shape index (κ3) is 5.83. The molecule has 0 aliphatic carbocycles. The molecular weight excluding hydrogens is 212 g/mol. The standard InChI is InChI=1S/C5H14N4O4S/c6-1-2-8-14(12,13)9-3-4(7)5(10)11/h4,8-9H,1-3,6-7H2,(H,10,11). The summed E-state index contributed by atoms with van der Waals surface area (Å²) in [5.41, 5.74) is 10.1. The van der Waals surface area contributed by atoms with Crippen LogP contribution in [0, 0.1) is 0 Å². The van der Waals surface area contributed by atoms with E-state index in [4.69, 9.17) is 16.6 Å². The monoisotopic (exact) mass is 226 g/mol. The van der Waals surface area contributed by atoms with E-state index >= 15 is 0 Å². The fraction of sp³-hybridized carbons (Fsp3) is 0.800. The number of nitrogens with two attached hydrogens (primary N) is 2. The minimum Gasteiger partial charge on any atom is -0.480 e. The lowest BCUT2D eigenvalue weighted by Gasteiger charge is -2.09. The number of hydrogen-bond acceptors (Lipinski definition) is 5. The van der Waals surface area contributed by atoms with Crippen LogP contribution in [-0.2, 0) is 15.0 Å². The molecule has 7 N–H and O–H groups in total. The predicted molar refractivity (Wildman–Crippen MR) is 49.6 cm³/mol. The lowest BCUT2D eigenvalue weighted by atomic mass is 10.3. The molecule has 0 saturated heterocycles. The van der Waals surface area contributed by atoms with Crippen LogP contribution in [0.5, 0.6) is 0 Å². The summed E-state index contributed by atoms with van der Waals surface area (Å²) in [4.78, 5) is 10.2. The van der Waals surface area contributed by atoms with Crippen molar-refractivity contribution in [3.8, 4) is 0 Å². The molecule has 0 amide bonds. The van der Waals surface area contributed by atoms with Crippen LogP contribution in [0.25, 0.3) is 0 Å². The molecule has 0 heterocycles. The van der Waals surface area contributed by atoms with Gasteiger partial charge < -0.3 is 16.6 Å². The van der Waals surface area contributed by atoms with Crippen LogP contribution in [0.15, 0.2) is 0 Å². The molecule has 14 heavy (non-hydrogen) atoms. The zero-order valence-electron chi connectivity index (χ0n) is 7.43. The van der Waals surface area contributed by atoms with Gasteiger partial charge in [0.2, 0.25) is 0 Å². The summed E-state index contributed by atoms with van der Waals surface area (Å²) in [7, 11) is -3.70. The van der Waals surface area contributed by atoms with Crippen LogP contribution in [0.3, 0.4) is 0 Å². The fourth-order valence-corrected chi connectivity index (χ4v) is 1.42. The first-order valence-corrected chi connectivity index (χ1v) is 5.30. The molecule has 9 heteroatoms. The third-order valence-electron chi connectivity index (χ3n) is 1.25. The normalized spacial score (nSPS) is 13.9. The van der Waals surface area contributed by atoms with Gasteiger partial charge in [-0.2, -0.15) is 8.42 Å². The summed E-state index contributed by atoms with van der Waals surface area (Å²) in [6.45, 7) is -0.126. The first kappa shape index (κ1) is 13.3.